The monoisotopic (exact) mass is 385 g/mol. The summed E-state index contributed by atoms with van der Waals surface area (Å²) in [6, 6.07) is 15.0. The lowest BCUT2D eigenvalue weighted by molar-refractivity contribution is 0.602. The van der Waals surface area contributed by atoms with Crippen molar-refractivity contribution in [2.45, 2.75) is 15.0 Å². The van der Waals surface area contributed by atoms with E-state index in [-0.39, 0.29) is 5.25 Å². The van der Waals surface area contributed by atoms with Gasteiger partial charge in [0.1, 0.15) is 0 Å². The quantitative estimate of drug-likeness (QED) is 0.797. The van der Waals surface area contributed by atoms with Crippen molar-refractivity contribution < 1.29 is 8.42 Å². The van der Waals surface area contributed by atoms with E-state index < -0.39 is 9.84 Å². The molecule has 0 aromatic heterocycles. The first-order chi connectivity index (χ1) is 9.90. The molecule has 21 heavy (non-hydrogen) atoms. The van der Waals surface area contributed by atoms with E-state index in [1.807, 2.05) is 36.4 Å². The third kappa shape index (κ3) is 4.57. The van der Waals surface area contributed by atoms with Gasteiger partial charge in [-0.05, 0) is 42.0 Å². The average molecular weight is 386 g/mol. The highest BCUT2D eigenvalue weighted by Crippen LogP contribution is 2.35. The van der Waals surface area contributed by atoms with E-state index in [9.17, 15) is 8.42 Å². The first-order valence-electron chi connectivity index (χ1n) is 6.32. The Bertz CT molecular complexity index is 697. The summed E-state index contributed by atoms with van der Waals surface area (Å²) in [5.41, 5.74) is 7.01. The second-order valence-electron chi connectivity index (χ2n) is 4.64. The second kappa shape index (κ2) is 6.96. The number of sulfone groups is 1. The van der Waals surface area contributed by atoms with Crippen LogP contribution in [0, 0.1) is 0 Å². The highest BCUT2D eigenvalue weighted by atomic mass is 79.9. The van der Waals surface area contributed by atoms with Crippen LogP contribution in [0.15, 0.2) is 62.8 Å². The molecule has 0 aliphatic carbocycles. The van der Waals surface area contributed by atoms with Gasteiger partial charge in [-0.3, -0.25) is 0 Å². The summed E-state index contributed by atoms with van der Waals surface area (Å²) in [6.45, 7) is 0.514. The predicted octanol–water partition coefficient (Wildman–Crippen LogP) is 3.64. The van der Waals surface area contributed by atoms with Crippen LogP contribution in [-0.4, -0.2) is 21.2 Å². The van der Waals surface area contributed by atoms with E-state index in [1.54, 1.807) is 23.9 Å². The Morgan fingerprint density at radius 1 is 1.10 bits per heavy atom. The van der Waals surface area contributed by atoms with Crippen LogP contribution in [0.1, 0.15) is 10.8 Å². The van der Waals surface area contributed by atoms with Gasteiger partial charge in [-0.25, -0.2) is 8.42 Å². The van der Waals surface area contributed by atoms with Gasteiger partial charge in [-0.1, -0.05) is 28.1 Å². The molecular weight excluding hydrogens is 370 g/mol. The zero-order valence-electron chi connectivity index (χ0n) is 11.5. The minimum atomic E-state index is -3.15. The zero-order chi connectivity index (χ0) is 15.5. The summed E-state index contributed by atoms with van der Waals surface area (Å²) in [6.07, 6.45) is 1.21. The maximum Gasteiger partial charge on any atom is 0.175 e. The largest absolute Gasteiger partial charge is 0.329 e. The molecular formula is C15H16BrNO2S2. The van der Waals surface area contributed by atoms with Crippen LogP contribution >= 0.6 is 27.7 Å². The summed E-state index contributed by atoms with van der Waals surface area (Å²) < 4.78 is 23.9. The molecule has 0 aliphatic rings. The number of benzene rings is 2. The lowest BCUT2D eigenvalue weighted by atomic mass is 10.1. The number of thioether (sulfide) groups is 1. The number of nitrogens with two attached hydrogens (primary N) is 1. The van der Waals surface area contributed by atoms with Crippen LogP contribution in [0.2, 0.25) is 0 Å². The first-order valence-corrected chi connectivity index (χ1v) is 9.89. The van der Waals surface area contributed by atoms with Gasteiger partial charge >= 0.3 is 0 Å². The van der Waals surface area contributed by atoms with Crippen LogP contribution in [-0.2, 0) is 9.84 Å². The van der Waals surface area contributed by atoms with Gasteiger partial charge in [0, 0.05) is 27.4 Å². The molecule has 0 radical (unpaired) electrons. The van der Waals surface area contributed by atoms with Crippen molar-refractivity contribution in [3.63, 3.8) is 0 Å². The maximum atomic E-state index is 11.4. The molecule has 0 heterocycles. The highest BCUT2D eigenvalue weighted by Gasteiger charge is 2.12. The van der Waals surface area contributed by atoms with Gasteiger partial charge in [0.05, 0.1) is 4.90 Å². The molecule has 0 aliphatic heterocycles. The topological polar surface area (TPSA) is 60.2 Å². The number of hydrogen-bond donors (Lipinski definition) is 1. The molecule has 6 heteroatoms. The number of halogens is 1. The van der Waals surface area contributed by atoms with Crippen LogP contribution in [0.4, 0.5) is 0 Å². The van der Waals surface area contributed by atoms with Gasteiger partial charge < -0.3 is 5.73 Å². The molecule has 1 unspecified atom stereocenters. The molecule has 0 fully saturated rings. The average Bonchev–Trinajstić information content (AvgIpc) is 2.45. The minimum absolute atomic E-state index is 0.141. The Balaban J connectivity index is 2.17. The first kappa shape index (κ1) is 16.5. The van der Waals surface area contributed by atoms with Crippen molar-refractivity contribution in [3.05, 3.63) is 58.6 Å². The maximum absolute atomic E-state index is 11.4. The van der Waals surface area contributed by atoms with E-state index in [0.29, 0.717) is 11.4 Å². The van der Waals surface area contributed by atoms with Crippen LogP contribution in [0.3, 0.4) is 0 Å². The van der Waals surface area contributed by atoms with E-state index in [0.717, 1.165) is 14.9 Å². The SMILES string of the molecule is CS(=O)(=O)c1ccc(SC(CN)c2ccc(Br)cc2)cc1. The van der Waals surface area contributed by atoms with Gasteiger partial charge in [0.15, 0.2) is 9.84 Å². The van der Waals surface area contributed by atoms with Crippen molar-refractivity contribution in [1.82, 2.24) is 0 Å². The molecule has 2 aromatic carbocycles. The molecule has 2 N–H and O–H groups in total. The molecule has 0 saturated carbocycles. The fraction of sp³-hybridized carbons (Fsp3) is 0.200. The molecule has 0 saturated heterocycles. The Morgan fingerprint density at radius 3 is 2.14 bits per heavy atom. The molecule has 0 spiro atoms. The van der Waals surface area contributed by atoms with Gasteiger partial charge in [-0.15, -0.1) is 11.8 Å². The predicted molar refractivity (Wildman–Crippen MR) is 91.3 cm³/mol. The Morgan fingerprint density at radius 2 is 1.67 bits per heavy atom. The number of hydrogen-bond acceptors (Lipinski definition) is 4. The lowest BCUT2D eigenvalue weighted by Crippen LogP contribution is -2.09. The van der Waals surface area contributed by atoms with Crippen molar-refractivity contribution in [2.75, 3.05) is 12.8 Å². The Hall–Kier alpha value is -0.820. The second-order valence-corrected chi connectivity index (χ2v) is 8.84. The molecule has 1 atom stereocenters. The van der Waals surface area contributed by atoms with E-state index >= 15 is 0 Å². The highest BCUT2D eigenvalue weighted by molar-refractivity contribution is 9.10. The minimum Gasteiger partial charge on any atom is -0.329 e. The van der Waals surface area contributed by atoms with E-state index in [1.165, 1.54) is 6.26 Å². The third-order valence-electron chi connectivity index (χ3n) is 2.99. The molecule has 0 bridgehead atoms. The Labute approximate surface area is 138 Å². The number of rotatable bonds is 5. The Kier molecular flexibility index (Phi) is 5.48. The fourth-order valence-electron chi connectivity index (χ4n) is 1.86. The van der Waals surface area contributed by atoms with Crippen molar-refractivity contribution >= 4 is 37.5 Å². The molecule has 0 amide bonds. The van der Waals surface area contributed by atoms with Crippen LogP contribution in [0.5, 0.6) is 0 Å². The van der Waals surface area contributed by atoms with Crippen LogP contribution < -0.4 is 5.73 Å². The van der Waals surface area contributed by atoms with Gasteiger partial charge in [0.2, 0.25) is 0 Å². The van der Waals surface area contributed by atoms with Gasteiger partial charge in [-0.2, -0.15) is 0 Å². The van der Waals surface area contributed by atoms with E-state index in [2.05, 4.69) is 15.9 Å². The summed E-state index contributed by atoms with van der Waals surface area (Å²) in [4.78, 5) is 1.33. The molecule has 2 aromatic rings. The summed E-state index contributed by atoms with van der Waals surface area (Å²) in [7, 11) is -3.15. The standard InChI is InChI=1S/C15H16BrNO2S2/c1-21(18,19)14-8-6-13(7-9-14)20-15(10-17)11-2-4-12(16)5-3-11/h2-9,15H,10,17H2,1H3. The van der Waals surface area contributed by atoms with Crippen molar-refractivity contribution in [1.29, 1.82) is 0 Å². The summed E-state index contributed by atoms with van der Waals surface area (Å²) in [5, 5.41) is 0.141. The molecule has 3 nitrogen and oxygen atoms in total. The smallest absolute Gasteiger partial charge is 0.175 e. The van der Waals surface area contributed by atoms with Gasteiger partial charge in [0.25, 0.3) is 0 Å². The molecule has 112 valence electrons. The fourth-order valence-corrected chi connectivity index (χ4v) is 3.77. The summed E-state index contributed by atoms with van der Waals surface area (Å²) in [5.74, 6) is 0. The molecule has 2 rings (SSSR count). The van der Waals surface area contributed by atoms with Crippen molar-refractivity contribution in [2.24, 2.45) is 5.73 Å². The summed E-state index contributed by atoms with van der Waals surface area (Å²) >= 11 is 5.05. The van der Waals surface area contributed by atoms with Crippen LogP contribution in [0.25, 0.3) is 0 Å². The zero-order valence-corrected chi connectivity index (χ0v) is 14.7. The lowest BCUT2D eigenvalue weighted by Gasteiger charge is -2.15. The van der Waals surface area contributed by atoms with Crippen molar-refractivity contribution in [3.8, 4) is 0 Å². The van der Waals surface area contributed by atoms with E-state index in [4.69, 9.17) is 5.73 Å². The normalized spacial score (nSPS) is 13.1. The third-order valence-corrected chi connectivity index (χ3v) is 5.94.